The van der Waals surface area contributed by atoms with Gasteiger partial charge in [-0.25, -0.2) is 9.13 Å². The summed E-state index contributed by atoms with van der Waals surface area (Å²) in [5, 5.41) is 41.1. The average molecular weight is 879 g/mol. The fourth-order valence-electron chi connectivity index (χ4n) is 6.71. The molecule has 0 spiro atoms. The summed E-state index contributed by atoms with van der Waals surface area (Å²) in [6, 6.07) is 0. The van der Waals surface area contributed by atoms with Crippen molar-refractivity contribution in [3.8, 4) is 0 Å². The zero-order chi connectivity index (χ0) is 43.2. The number of ether oxygens (including phenoxy) is 3. The van der Waals surface area contributed by atoms with Gasteiger partial charge in [-0.2, -0.15) is 0 Å². The van der Waals surface area contributed by atoms with Crippen LogP contribution in [0.3, 0.4) is 0 Å². The number of Topliss-reactive ketones (excluding diaryl/α,β-unsaturated/α-hetero) is 1. The van der Waals surface area contributed by atoms with Gasteiger partial charge in [-0.3, -0.25) is 23.2 Å². The first kappa shape index (κ1) is 55.1. The van der Waals surface area contributed by atoms with Gasteiger partial charge < -0.3 is 49.3 Å². The highest BCUT2D eigenvalue weighted by Crippen LogP contribution is 2.49. The summed E-state index contributed by atoms with van der Waals surface area (Å²) in [6.07, 6.45) is 9.51. The van der Waals surface area contributed by atoms with Crippen molar-refractivity contribution in [3.05, 3.63) is 0 Å². The van der Waals surface area contributed by atoms with E-state index in [0.717, 1.165) is 77.0 Å². The van der Waals surface area contributed by atoms with Gasteiger partial charge in [0.15, 0.2) is 0 Å². The maximum Gasteiger partial charge on any atom is 0.472 e. The number of unbranched alkanes of at least 4 members (excludes halogenated alkanes) is 18. The van der Waals surface area contributed by atoms with Gasteiger partial charge in [-0.15, -0.1) is 0 Å². The Kier molecular flexibility index (Phi) is 31.2. The van der Waals surface area contributed by atoms with Gasteiger partial charge in [0, 0.05) is 25.9 Å². The monoisotopic (exact) mass is 878 g/mol. The van der Waals surface area contributed by atoms with Crippen LogP contribution in [0, 0.1) is 0 Å². The van der Waals surface area contributed by atoms with Crippen LogP contribution in [0.5, 0.6) is 0 Å². The number of ketones is 1. The van der Waals surface area contributed by atoms with E-state index >= 15 is 0 Å². The van der Waals surface area contributed by atoms with Crippen molar-refractivity contribution in [2.24, 2.45) is 0 Å². The van der Waals surface area contributed by atoms with Crippen molar-refractivity contribution in [2.75, 3.05) is 26.6 Å². The second-order valence-electron chi connectivity index (χ2n) is 15.4. The second-order valence-corrected chi connectivity index (χ2v) is 18.0. The number of rotatable bonds is 38. The SMILES string of the molecule is CCCCCCCCCCCCCCCC(=O)O[C@H](COCOCCCCCCCCCC(=O)CCC)COP(=O)(O)OC1C(O)[C@H](OP(=O)(O)O)C(O)[C@H](O)[C@@H]1O. The summed E-state index contributed by atoms with van der Waals surface area (Å²) in [4.78, 5) is 53.1. The number of hydrogen-bond donors (Lipinski definition) is 7. The fraction of sp³-hybridized carbons (Fsp3) is 0.949. The highest BCUT2D eigenvalue weighted by atomic mass is 31.2. The van der Waals surface area contributed by atoms with Crippen LogP contribution in [0.4, 0.5) is 0 Å². The highest BCUT2D eigenvalue weighted by molar-refractivity contribution is 7.47. The third kappa shape index (κ3) is 27.1. The van der Waals surface area contributed by atoms with E-state index in [1.165, 1.54) is 51.4 Å². The molecule has 0 amide bonds. The number of carbonyl (C=O) groups is 2. The van der Waals surface area contributed by atoms with Crippen LogP contribution >= 0.6 is 15.6 Å². The maximum absolute atomic E-state index is 12.9. The van der Waals surface area contributed by atoms with Crippen LogP contribution < -0.4 is 0 Å². The molecule has 1 aliphatic rings. The van der Waals surface area contributed by atoms with E-state index in [9.17, 15) is 44.0 Å². The van der Waals surface area contributed by atoms with Crippen LogP contribution in [-0.4, -0.2) is 116 Å². The smallest absolute Gasteiger partial charge is 0.457 e. The van der Waals surface area contributed by atoms with E-state index in [-0.39, 0.29) is 19.8 Å². The first-order valence-corrected chi connectivity index (χ1v) is 24.6. The summed E-state index contributed by atoms with van der Waals surface area (Å²) >= 11 is 0. The van der Waals surface area contributed by atoms with E-state index in [4.69, 9.17) is 33.0 Å². The van der Waals surface area contributed by atoms with Gasteiger partial charge in [0.05, 0.1) is 13.2 Å². The minimum absolute atomic E-state index is 0.0939. The van der Waals surface area contributed by atoms with Crippen LogP contribution in [0.15, 0.2) is 0 Å². The molecule has 0 aromatic rings. The zero-order valence-electron chi connectivity index (χ0n) is 34.9. The van der Waals surface area contributed by atoms with Crippen LogP contribution in [0.25, 0.3) is 0 Å². The molecule has 344 valence electrons. The lowest BCUT2D eigenvalue weighted by atomic mass is 9.85. The second kappa shape index (κ2) is 32.8. The van der Waals surface area contributed by atoms with Crippen molar-refractivity contribution in [1.29, 1.82) is 0 Å². The standard InChI is InChI=1S/C39H76O17P2/c1-3-5-6-7-8-9-10-11-12-13-16-19-22-26-33(41)54-32(28-52-30-51-27-23-20-17-14-15-18-21-25-31(40)24-4-2)29-53-58(49,50)56-39-36(44)34(42)35(43)38(37(39)45)55-57(46,47)48/h32,34-39,42-45H,3-30H2,1-2H3,(H,49,50)(H2,46,47,48)/t32-,34+,35?,36+,37?,38-,39?/m1/s1. The third-order valence-electron chi connectivity index (χ3n) is 10.0. The molecule has 19 heteroatoms. The number of carbonyl (C=O) groups excluding carboxylic acids is 2. The maximum atomic E-state index is 12.9. The minimum atomic E-state index is -5.34. The summed E-state index contributed by atoms with van der Waals surface area (Å²) in [7, 11) is -10.6. The lowest BCUT2D eigenvalue weighted by molar-refractivity contribution is -0.216. The van der Waals surface area contributed by atoms with Crippen molar-refractivity contribution in [1.82, 2.24) is 0 Å². The van der Waals surface area contributed by atoms with E-state index in [1.807, 2.05) is 6.92 Å². The molecule has 0 bridgehead atoms. The number of aliphatic hydroxyl groups is 4. The largest absolute Gasteiger partial charge is 0.472 e. The van der Waals surface area contributed by atoms with Crippen molar-refractivity contribution in [3.63, 3.8) is 0 Å². The highest BCUT2D eigenvalue weighted by Gasteiger charge is 2.54. The van der Waals surface area contributed by atoms with Crippen LogP contribution in [0.1, 0.15) is 168 Å². The van der Waals surface area contributed by atoms with E-state index in [0.29, 0.717) is 31.7 Å². The molecule has 4 unspecified atom stereocenters. The Morgan fingerprint density at radius 1 is 0.534 bits per heavy atom. The summed E-state index contributed by atoms with van der Waals surface area (Å²) in [5.74, 6) is -0.254. The Morgan fingerprint density at radius 3 is 1.53 bits per heavy atom. The van der Waals surface area contributed by atoms with Gasteiger partial charge in [0.1, 0.15) is 55.3 Å². The number of aliphatic hydroxyl groups excluding tert-OH is 4. The van der Waals surface area contributed by atoms with E-state index < -0.39 is 70.9 Å². The normalized spacial score (nSPS) is 22.8. The van der Waals surface area contributed by atoms with E-state index in [1.54, 1.807) is 0 Å². The van der Waals surface area contributed by atoms with E-state index in [2.05, 4.69) is 11.4 Å². The number of esters is 1. The molecular formula is C39H76O17P2. The quantitative estimate of drug-likeness (QED) is 0.0155. The molecular weight excluding hydrogens is 802 g/mol. The Morgan fingerprint density at radius 2 is 1.02 bits per heavy atom. The van der Waals surface area contributed by atoms with Gasteiger partial charge >= 0.3 is 21.6 Å². The van der Waals surface area contributed by atoms with Gasteiger partial charge in [-0.05, 0) is 25.7 Å². The Hall–Kier alpha value is -0.880. The fourth-order valence-corrected chi connectivity index (χ4v) is 8.25. The average Bonchev–Trinajstić information content (AvgIpc) is 3.16. The Bertz CT molecular complexity index is 1160. The molecule has 0 aromatic heterocycles. The van der Waals surface area contributed by atoms with Gasteiger partial charge in [0.25, 0.3) is 0 Å². The van der Waals surface area contributed by atoms with Crippen LogP contribution in [-0.2, 0) is 46.5 Å². The number of phosphoric ester groups is 2. The Labute approximate surface area is 345 Å². The first-order valence-electron chi connectivity index (χ1n) is 21.6. The number of hydrogen-bond acceptors (Lipinski definition) is 14. The molecule has 1 saturated carbocycles. The topological polar surface area (TPSA) is 265 Å². The molecule has 0 radical (unpaired) electrons. The molecule has 0 aromatic carbocycles. The summed E-state index contributed by atoms with van der Waals surface area (Å²) in [6.45, 7) is 3.45. The first-order chi connectivity index (χ1) is 27.6. The van der Waals surface area contributed by atoms with Crippen molar-refractivity contribution < 1.29 is 81.6 Å². The molecule has 17 nitrogen and oxygen atoms in total. The molecule has 0 saturated heterocycles. The predicted octanol–water partition coefficient (Wildman–Crippen LogP) is 6.30. The van der Waals surface area contributed by atoms with Crippen LogP contribution in [0.2, 0.25) is 0 Å². The molecule has 1 fully saturated rings. The lowest BCUT2D eigenvalue weighted by Crippen LogP contribution is -2.64. The van der Waals surface area contributed by atoms with Gasteiger partial charge in [0.2, 0.25) is 0 Å². The minimum Gasteiger partial charge on any atom is -0.457 e. The molecule has 58 heavy (non-hydrogen) atoms. The molecule has 7 N–H and O–H groups in total. The summed E-state index contributed by atoms with van der Waals surface area (Å²) in [5.41, 5.74) is 0. The van der Waals surface area contributed by atoms with Gasteiger partial charge in [-0.1, -0.05) is 123 Å². The zero-order valence-corrected chi connectivity index (χ0v) is 36.7. The van der Waals surface area contributed by atoms with Crippen molar-refractivity contribution in [2.45, 2.75) is 211 Å². The third-order valence-corrected chi connectivity index (χ3v) is 11.5. The molecule has 8 atom stereocenters. The summed E-state index contributed by atoms with van der Waals surface area (Å²) < 4.78 is 55.0. The molecule has 1 rings (SSSR count). The predicted molar refractivity (Wildman–Crippen MR) is 215 cm³/mol. The molecule has 0 aliphatic heterocycles. The lowest BCUT2D eigenvalue weighted by Gasteiger charge is -2.43. The Balaban J connectivity index is 2.57. The molecule has 1 aliphatic carbocycles. The molecule has 0 heterocycles. The number of phosphoric acid groups is 2. The van der Waals surface area contributed by atoms with Crippen molar-refractivity contribution >= 4 is 27.4 Å².